The lowest BCUT2D eigenvalue weighted by molar-refractivity contribution is 0.152. The summed E-state index contributed by atoms with van der Waals surface area (Å²) >= 11 is 1.61. The van der Waals surface area contributed by atoms with E-state index in [4.69, 9.17) is 5.73 Å². The van der Waals surface area contributed by atoms with Crippen LogP contribution in [0.15, 0.2) is 6.20 Å². The minimum atomic E-state index is -0.454. The fourth-order valence-corrected chi connectivity index (χ4v) is 1.74. The van der Waals surface area contributed by atoms with Gasteiger partial charge in [-0.15, -0.1) is 11.3 Å². The fourth-order valence-electron chi connectivity index (χ4n) is 0.892. The van der Waals surface area contributed by atoms with Gasteiger partial charge in [0.25, 0.3) is 0 Å². The second-order valence-corrected chi connectivity index (χ2v) is 4.30. The molecule has 0 radical (unpaired) electrons. The predicted octanol–water partition coefficient (Wildman–Crippen LogP) is 0.702. The zero-order chi connectivity index (χ0) is 9.14. The number of nitrogens with two attached hydrogens (primary N) is 1. The van der Waals surface area contributed by atoms with E-state index >= 15 is 0 Å². The molecule has 2 unspecified atom stereocenters. The Morgan fingerprint density at radius 2 is 2.42 bits per heavy atom. The van der Waals surface area contributed by atoms with Crippen LogP contribution in [0.1, 0.15) is 16.8 Å². The van der Waals surface area contributed by atoms with E-state index in [1.807, 2.05) is 6.92 Å². The average Bonchev–Trinajstić information content (AvgIpc) is 2.35. The Labute approximate surface area is 76.3 Å². The number of hydrogen-bond donors (Lipinski definition) is 2. The zero-order valence-corrected chi connectivity index (χ0v) is 8.14. The standard InChI is InChI=1S/C8H14N2OS/c1-5(9)8(11)3-7-4-10-6(2)12-7/h4-5,8,11H,3,9H2,1-2H3. The number of aromatic nitrogens is 1. The minimum Gasteiger partial charge on any atom is -0.391 e. The van der Waals surface area contributed by atoms with Crippen LogP contribution in [-0.4, -0.2) is 22.2 Å². The molecule has 12 heavy (non-hydrogen) atoms. The average molecular weight is 186 g/mol. The van der Waals surface area contributed by atoms with Gasteiger partial charge in [0.1, 0.15) is 0 Å². The molecule has 0 bridgehead atoms. The Bertz CT molecular complexity index is 247. The molecule has 4 heteroatoms. The summed E-state index contributed by atoms with van der Waals surface area (Å²) in [4.78, 5) is 5.19. The van der Waals surface area contributed by atoms with Crippen molar-refractivity contribution in [2.75, 3.05) is 0 Å². The van der Waals surface area contributed by atoms with Crippen molar-refractivity contribution >= 4 is 11.3 Å². The maximum atomic E-state index is 9.44. The van der Waals surface area contributed by atoms with E-state index in [2.05, 4.69) is 4.98 Å². The lowest BCUT2D eigenvalue weighted by Crippen LogP contribution is -2.32. The molecule has 0 spiro atoms. The highest BCUT2D eigenvalue weighted by Gasteiger charge is 2.11. The summed E-state index contributed by atoms with van der Waals surface area (Å²) in [5.41, 5.74) is 5.52. The monoisotopic (exact) mass is 186 g/mol. The summed E-state index contributed by atoms with van der Waals surface area (Å²) in [7, 11) is 0. The molecule has 1 rings (SSSR count). The van der Waals surface area contributed by atoms with Gasteiger partial charge in [0.15, 0.2) is 0 Å². The van der Waals surface area contributed by atoms with Crippen LogP contribution in [0.2, 0.25) is 0 Å². The van der Waals surface area contributed by atoms with Crippen LogP contribution in [0.25, 0.3) is 0 Å². The zero-order valence-electron chi connectivity index (χ0n) is 7.32. The predicted molar refractivity (Wildman–Crippen MR) is 50.2 cm³/mol. The summed E-state index contributed by atoms with van der Waals surface area (Å²) in [6, 6.07) is -0.174. The molecule has 3 nitrogen and oxygen atoms in total. The van der Waals surface area contributed by atoms with E-state index in [1.54, 1.807) is 24.5 Å². The van der Waals surface area contributed by atoms with Crippen LogP contribution >= 0.6 is 11.3 Å². The third kappa shape index (κ3) is 2.55. The molecule has 3 N–H and O–H groups in total. The fraction of sp³-hybridized carbons (Fsp3) is 0.625. The van der Waals surface area contributed by atoms with E-state index < -0.39 is 6.10 Å². The highest BCUT2D eigenvalue weighted by Crippen LogP contribution is 2.14. The first-order chi connectivity index (χ1) is 5.59. The van der Waals surface area contributed by atoms with Crippen LogP contribution in [0.5, 0.6) is 0 Å². The van der Waals surface area contributed by atoms with Crippen molar-refractivity contribution in [2.45, 2.75) is 32.4 Å². The lowest BCUT2D eigenvalue weighted by atomic mass is 10.1. The number of aryl methyl sites for hydroxylation is 1. The van der Waals surface area contributed by atoms with E-state index in [1.165, 1.54) is 0 Å². The molecule has 68 valence electrons. The lowest BCUT2D eigenvalue weighted by Gasteiger charge is -2.12. The molecule has 0 amide bonds. The molecule has 0 fully saturated rings. The number of nitrogens with zero attached hydrogens (tertiary/aromatic N) is 1. The van der Waals surface area contributed by atoms with Gasteiger partial charge in [-0.25, -0.2) is 4.98 Å². The van der Waals surface area contributed by atoms with Crippen molar-refractivity contribution in [3.8, 4) is 0 Å². The summed E-state index contributed by atoms with van der Waals surface area (Å²) in [6.45, 7) is 3.75. The van der Waals surface area contributed by atoms with Gasteiger partial charge in [0.2, 0.25) is 0 Å². The summed E-state index contributed by atoms with van der Waals surface area (Å²) in [6.07, 6.45) is 1.96. The van der Waals surface area contributed by atoms with Gasteiger partial charge in [-0.2, -0.15) is 0 Å². The van der Waals surface area contributed by atoms with Crippen LogP contribution in [0.3, 0.4) is 0 Å². The van der Waals surface area contributed by atoms with Crippen molar-refractivity contribution in [3.63, 3.8) is 0 Å². The van der Waals surface area contributed by atoms with Gasteiger partial charge in [-0.3, -0.25) is 0 Å². The van der Waals surface area contributed by atoms with Crippen LogP contribution in [0, 0.1) is 6.92 Å². The second kappa shape index (κ2) is 3.98. The van der Waals surface area contributed by atoms with E-state index in [0.29, 0.717) is 6.42 Å². The first-order valence-corrected chi connectivity index (χ1v) is 4.76. The Morgan fingerprint density at radius 3 is 2.83 bits per heavy atom. The van der Waals surface area contributed by atoms with Gasteiger partial charge in [0.05, 0.1) is 11.1 Å². The van der Waals surface area contributed by atoms with Gasteiger partial charge in [-0.05, 0) is 13.8 Å². The van der Waals surface area contributed by atoms with Crippen LogP contribution in [0.4, 0.5) is 0 Å². The number of aliphatic hydroxyl groups excluding tert-OH is 1. The number of rotatable bonds is 3. The Balaban J connectivity index is 2.52. The molecule has 1 aromatic rings. The summed E-state index contributed by atoms with van der Waals surface area (Å²) < 4.78 is 0. The van der Waals surface area contributed by atoms with Crippen molar-refractivity contribution in [3.05, 3.63) is 16.1 Å². The van der Waals surface area contributed by atoms with Crippen LogP contribution in [-0.2, 0) is 6.42 Å². The summed E-state index contributed by atoms with van der Waals surface area (Å²) in [5, 5.41) is 10.5. The maximum Gasteiger partial charge on any atom is 0.0896 e. The van der Waals surface area contributed by atoms with Gasteiger partial charge in [0, 0.05) is 23.5 Å². The Kier molecular flexibility index (Phi) is 3.20. The van der Waals surface area contributed by atoms with Gasteiger partial charge >= 0.3 is 0 Å². The number of aliphatic hydroxyl groups is 1. The SMILES string of the molecule is Cc1ncc(CC(O)C(C)N)s1. The first kappa shape index (κ1) is 9.64. The third-order valence-electron chi connectivity index (χ3n) is 1.69. The van der Waals surface area contributed by atoms with E-state index in [-0.39, 0.29) is 6.04 Å². The topological polar surface area (TPSA) is 59.1 Å². The van der Waals surface area contributed by atoms with Gasteiger partial charge < -0.3 is 10.8 Å². The molecular formula is C8H14N2OS. The number of thiazole rings is 1. The minimum absolute atomic E-state index is 0.174. The molecule has 0 saturated carbocycles. The molecule has 1 heterocycles. The number of hydrogen-bond acceptors (Lipinski definition) is 4. The Hall–Kier alpha value is -0.450. The van der Waals surface area contributed by atoms with Crippen molar-refractivity contribution in [1.29, 1.82) is 0 Å². The quantitative estimate of drug-likeness (QED) is 0.730. The molecule has 1 aromatic heterocycles. The maximum absolute atomic E-state index is 9.44. The smallest absolute Gasteiger partial charge is 0.0896 e. The van der Waals surface area contributed by atoms with E-state index in [0.717, 1.165) is 9.88 Å². The molecule has 0 aliphatic rings. The van der Waals surface area contributed by atoms with Gasteiger partial charge in [-0.1, -0.05) is 0 Å². The van der Waals surface area contributed by atoms with Crippen molar-refractivity contribution < 1.29 is 5.11 Å². The van der Waals surface area contributed by atoms with Crippen molar-refractivity contribution in [1.82, 2.24) is 4.98 Å². The molecule has 0 aliphatic carbocycles. The highest BCUT2D eigenvalue weighted by molar-refractivity contribution is 7.11. The normalized spacial score (nSPS) is 16.0. The molecular weight excluding hydrogens is 172 g/mol. The van der Waals surface area contributed by atoms with E-state index in [9.17, 15) is 5.11 Å². The first-order valence-electron chi connectivity index (χ1n) is 3.94. The van der Waals surface area contributed by atoms with Crippen LogP contribution < -0.4 is 5.73 Å². The largest absolute Gasteiger partial charge is 0.391 e. The molecule has 0 aliphatic heterocycles. The highest BCUT2D eigenvalue weighted by atomic mass is 32.1. The van der Waals surface area contributed by atoms with Crippen molar-refractivity contribution in [2.24, 2.45) is 5.73 Å². The third-order valence-corrected chi connectivity index (χ3v) is 2.62. The Morgan fingerprint density at radius 1 is 1.75 bits per heavy atom. The summed E-state index contributed by atoms with van der Waals surface area (Å²) in [5.74, 6) is 0. The molecule has 0 aromatic carbocycles. The molecule has 0 saturated heterocycles. The second-order valence-electron chi connectivity index (χ2n) is 2.98. The molecule has 2 atom stereocenters.